The zero-order valence-corrected chi connectivity index (χ0v) is 13.2. The Hall–Kier alpha value is -2.80. The highest BCUT2D eigenvalue weighted by atomic mass is 16.5. The maximum atomic E-state index is 11.8. The van der Waals surface area contributed by atoms with Gasteiger partial charge in [0.15, 0.2) is 6.61 Å². The van der Waals surface area contributed by atoms with Crippen molar-refractivity contribution in [3.8, 4) is 11.8 Å². The van der Waals surface area contributed by atoms with Gasteiger partial charge in [-0.1, -0.05) is 49.4 Å². The lowest BCUT2D eigenvalue weighted by Gasteiger charge is -2.13. The molecule has 0 bridgehead atoms. The summed E-state index contributed by atoms with van der Waals surface area (Å²) in [7, 11) is 0. The van der Waals surface area contributed by atoms with Gasteiger partial charge in [-0.15, -0.1) is 0 Å². The van der Waals surface area contributed by atoms with Gasteiger partial charge in [0.25, 0.3) is 5.91 Å². The van der Waals surface area contributed by atoms with E-state index in [9.17, 15) is 4.79 Å². The zero-order valence-electron chi connectivity index (χ0n) is 13.2. The van der Waals surface area contributed by atoms with Gasteiger partial charge in [-0.05, 0) is 29.2 Å². The van der Waals surface area contributed by atoms with Crippen LogP contribution in [0.4, 0.5) is 0 Å². The van der Waals surface area contributed by atoms with Gasteiger partial charge in [-0.3, -0.25) is 4.79 Å². The van der Waals surface area contributed by atoms with Crippen LogP contribution in [0, 0.1) is 11.3 Å². The predicted octanol–water partition coefficient (Wildman–Crippen LogP) is 3.05. The van der Waals surface area contributed by atoms with Crippen LogP contribution >= 0.6 is 0 Å². The minimum Gasteiger partial charge on any atom is -0.484 e. The first-order valence-corrected chi connectivity index (χ1v) is 7.59. The standard InChI is InChI=1S/C19H20N2O2/c1-15(17-5-3-2-4-6-17)13-21-19(22)14-23-18-9-7-16(8-10-18)11-12-20/h2-10,15H,11,13-14H2,1H3,(H,21,22). The molecule has 23 heavy (non-hydrogen) atoms. The molecule has 0 saturated heterocycles. The molecule has 0 spiro atoms. The van der Waals surface area contributed by atoms with E-state index in [1.807, 2.05) is 30.3 Å². The van der Waals surface area contributed by atoms with E-state index in [0.717, 1.165) is 5.56 Å². The Kier molecular flexibility index (Phi) is 6.19. The fraction of sp³-hybridized carbons (Fsp3) is 0.263. The molecule has 0 fully saturated rings. The van der Waals surface area contributed by atoms with Gasteiger partial charge in [0, 0.05) is 6.54 Å². The van der Waals surface area contributed by atoms with Crippen LogP contribution in [0.5, 0.6) is 5.75 Å². The van der Waals surface area contributed by atoms with Crippen molar-refractivity contribution in [1.82, 2.24) is 5.32 Å². The summed E-state index contributed by atoms with van der Waals surface area (Å²) in [4.78, 5) is 11.8. The highest BCUT2D eigenvalue weighted by Gasteiger charge is 2.08. The Morgan fingerprint density at radius 1 is 1.17 bits per heavy atom. The Balaban J connectivity index is 1.74. The van der Waals surface area contributed by atoms with Crippen molar-refractivity contribution in [3.05, 3.63) is 65.7 Å². The lowest BCUT2D eigenvalue weighted by Crippen LogP contribution is -2.31. The SMILES string of the molecule is CC(CNC(=O)COc1ccc(CC#N)cc1)c1ccccc1. The molecule has 2 aromatic carbocycles. The van der Waals surface area contributed by atoms with E-state index in [4.69, 9.17) is 10.00 Å². The number of carbonyl (C=O) groups excluding carboxylic acids is 1. The van der Waals surface area contributed by atoms with Crippen molar-refractivity contribution in [2.45, 2.75) is 19.3 Å². The summed E-state index contributed by atoms with van der Waals surface area (Å²) in [5.41, 5.74) is 2.13. The van der Waals surface area contributed by atoms with Gasteiger partial charge in [-0.25, -0.2) is 0 Å². The van der Waals surface area contributed by atoms with Gasteiger partial charge < -0.3 is 10.1 Å². The zero-order chi connectivity index (χ0) is 16.5. The van der Waals surface area contributed by atoms with E-state index < -0.39 is 0 Å². The van der Waals surface area contributed by atoms with Crippen LogP contribution < -0.4 is 10.1 Å². The van der Waals surface area contributed by atoms with Crippen molar-refractivity contribution in [3.63, 3.8) is 0 Å². The highest BCUT2D eigenvalue weighted by molar-refractivity contribution is 5.77. The lowest BCUT2D eigenvalue weighted by molar-refractivity contribution is -0.123. The molecule has 2 aromatic rings. The Morgan fingerprint density at radius 3 is 2.52 bits per heavy atom. The number of hydrogen-bond donors (Lipinski definition) is 1. The average Bonchev–Trinajstić information content (AvgIpc) is 2.60. The third kappa shape index (κ3) is 5.48. The van der Waals surface area contributed by atoms with Crippen molar-refractivity contribution in [2.24, 2.45) is 0 Å². The van der Waals surface area contributed by atoms with E-state index in [0.29, 0.717) is 18.7 Å². The summed E-state index contributed by atoms with van der Waals surface area (Å²) in [6.45, 7) is 2.64. The molecule has 0 aliphatic rings. The van der Waals surface area contributed by atoms with E-state index in [1.165, 1.54) is 5.56 Å². The van der Waals surface area contributed by atoms with Gasteiger partial charge in [0.05, 0.1) is 12.5 Å². The maximum absolute atomic E-state index is 11.8. The smallest absolute Gasteiger partial charge is 0.257 e. The maximum Gasteiger partial charge on any atom is 0.257 e. The molecule has 1 atom stereocenters. The van der Waals surface area contributed by atoms with Gasteiger partial charge in [0.2, 0.25) is 0 Å². The average molecular weight is 308 g/mol. The van der Waals surface area contributed by atoms with Crippen molar-refractivity contribution < 1.29 is 9.53 Å². The Bertz CT molecular complexity index is 660. The summed E-state index contributed by atoms with van der Waals surface area (Å²) < 4.78 is 5.44. The summed E-state index contributed by atoms with van der Waals surface area (Å²) in [6.07, 6.45) is 0.373. The molecule has 4 nitrogen and oxygen atoms in total. The van der Waals surface area contributed by atoms with Crippen LogP contribution in [0.3, 0.4) is 0 Å². The number of benzene rings is 2. The number of hydrogen-bond acceptors (Lipinski definition) is 3. The molecule has 0 aliphatic carbocycles. The van der Waals surface area contributed by atoms with Crippen LogP contribution in [-0.4, -0.2) is 19.1 Å². The van der Waals surface area contributed by atoms with Crippen molar-refractivity contribution >= 4 is 5.91 Å². The van der Waals surface area contributed by atoms with Crippen LogP contribution in [0.15, 0.2) is 54.6 Å². The number of carbonyl (C=O) groups is 1. The normalized spacial score (nSPS) is 11.3. The van der Waals surface area contributed by atoms with Crippen LogP contribution in [0.25, 0.3) is 0 Å². The molecular formula is C19H20N2O2. The summed E-state index contributed by atoms with van der Waals surface area (Å²) in [5.74, 6) is 0.734. The molecule has 0 heterocycles. The number of rotatable bonds is 7. The molecule has 118 valence electrons. The molecule has 0 saturated carbocycles. The summed E-state index contributed by atoms with van der Waals surface area (Å²) in [6, 6.07) is 19.4. The Morgan fingerprint density at radius 2 is 1.87 bits per heavy atom. The molecule has 1 amide bonds. The topological polar surface area (TPSA) is 62.1 Å². The molecule has 4 heteroatoms. The third-order valence-corrected chi connectivity index (χ3v) is 3.55. The first kappa shape index (κ1) is 16.6. The molecule has 2 rings (SSSR count). The van der Waals surface area contributed by atoms with E-state index in [-0.39, 0.29) is 18.4 Å². The van der Waals surface area contributed by atoms with Crippen LogP contribution in [0.1, 0.15) is 24.0 Å². The number of nitriles is 1. The second-order valence-electron chi connectivity index (χ2n) is 5.38. The van der Waals surface area contributed by atoms with E-state index in [1.54, 1.807) is 12.1 Å². The van der Waals surface area contributed by atoms with Gasteiger partial charge in [-0.2, -0.15) is 5.26 Å². The van der Waals surface area contributed by atoms with Crippen LogP contribution in [-0.2, 0) is 11.2 Å². The van der Waals surface area contributed by atoms with Gasteiger partial charge in [0.1, 0.15) is 5.75 Å². The summed E-state index contributed by atoms with van der Waals surface area (Å²) in [5, 5.41) is 11.5. The second-order valence-corrected chi connectivity index (χ2v) is 5.38. The molecule has 0 radical (unpaired) electrons. The lowest BCUT2D eigenvalue weighted by atomic mass is 10.0. The number of ether oxygens (including phenoxy) is 1. The monoisotopic (exact) mass is 308 g/mol. The first-order valence-electron chi connectivity index (χ1n) is 7.59. The number of amides is 1. The quantitative estimate of drug-likeness (QED) is 0.855. The molecule has 1 N–H and O–H groups in total. The van der Waals surface area contributed by atoms with E-state index >= 15 is 0 Å². The van der Waals surface area contributed by atoms with E-state index in [2.05, 4.69) is 30.4 Å². The molecule has 0 aliphatic heterocycles. The van der Waals surface area contributed by atoms with Gasteiger partial charge >= 0.3 is 0 Å². The fourth-order valence-corrected chi connectivity index (χ4v) is 2.16. The minimum absolute atomic E-state index is 0.0148. The number of nitrogens with one attached hydrogen (secondary N) is 1. The number of nitrogens with zero attached hydrogens (tertiary/aromatic N) is 1. The minimum atomic E-state index is -0.145. The molecule has 1 unspecified atom stereocenters. The Labute approximate surface area is 136 Å². The largest absolute Gasteiger partial charge is 0.484 e. The summed E-state index contributed by atoms with van der Waals surface area (Å²) >= 11 is 0. The molecular weight excluding hydrogens is 288 g/mol. The first-order chi connectivity index (χ1) is 11.2. The van der Waals surface area contributed by atoms with Crippen LogP contribution in [0.2, 0.25) is 0 Å². The highest BCUT2D eigenvalue weighted by Crippen LogP contribution is 2.14. The second kappa shape index (κ2) is 8.60. The fourth-order valence-electron chi connectivity index (χ4n) is 2.16. The third-order valence-electron chi connectivity index (χ3n) is 3.55. The molecule has 0 aromatic heterocycles. The predicted molar refractivity (Wildman–Crippen MR) is 89.1 cm³/mol. The van der Waals surface area contributed by atoms with Crippen molar-refractivity contribution in [1.29, 1.82) is 5.26 Å². The van der Waals surface area contributed by atoms with Crippen molar-refractivity contribution in [2.75, 3.05) is 13.2 Å².